The fourth-order valence-corrected chi connectivity index (χ4v) is 1.48. The summed E-state index contributed by atoms with van der Waals surface area (Å²) >= 11 is 0. The van der Waals surface area contributed by atoms with E-state index in [4.69, 9.17) is 9.47 Å². The van der Waals surface area contributed by atoms with Gasteiger partial charge in [-0.2, -0.15) is 0 Å². The molecule has 0 unspecified atom stereocenters. The van der Waals surface area contributed by atoms with Crippen molar-refractivity contribution in [2.45, 2.75) is 13.8 Å². The number of imide groups is 1. The van der Waals surface area contributed by atoms with E-state index in [0.717, 1.165) is 0 Å². The molecule has 1 aromatic rings. The van der Waals surface area contributed by atoms with Crippen LogP contribution in [0.25, 0.3) is 0 Å². The third-order valence-corrected chi connectivity index (χ3v) is 2.47. The van der Waals surface area contributed by atoms with Crippen molar-refractivity contribution in [2.24, 2.45) is 0 Å². The molecule has 0 aromatic heterocycles. The highest BCUT2D eigenvalue weighted by Crippen LogP contribution is 2.13. The Morgan fingerprint density at radius 3 is 2.14 bits per heavy atom. The molecule has 0 aliphatic carbocycles. The first-order valence-corrected chi connectivity index (χ1v) is 6.62. The zero-order chi connectivity index (χ0) is 16.5. The Kier molecular flexibility index (Phi) is 6.68. The number of methoxy groups -OCH3 is 1. The lowest BCUT2D eigenvalue weighted by Crippen LogP contribution is -2.50. The van der Waals surface area contributed by atoms with Crippen LogP contribution in [0.1, 0.15) is 24.2 Å². The molecule has 0 atom stereocenters. The molecular formula is C14H18N2O6. The van der Waals surface area contributed by atoms with E-state index in [1.54, 1.807) is 26.0 Å². The average Bonchev–Trinajstić information content (AvgIpc) is 2.52. The molecule has 0 radical (unpaired) electrons. The van der Waals surface area contributed by atoms with Crippen LogP contribution in [0.15, 0.2) is 24.3 Å². The summed E-state index contributed by atoms with van der Waals surface area (Å²) in [6.45, 7) is 3.33. The highest BCUT2D eigenvalue weighted by molar-refractivity contribution is 6.03. The molecule has 1 N–H and O–H groups in total. The Labute approximate surface area is 127 Å². The number of nitrogens with one attached hydrogen (secondary N) is 1. The van der Waals surface area contributed by atoms with Gasteiger partial charge >= 0.3 is 12.2 Å². The van der Waals surface area contributed by atoms with Crippen LogP contribution in [-0.4, -0.2) is 43.4 Å². The van der Waals surface area contributed by atoms with Crippen molar-refractivity contribution in [1.29, 1.82) is 0 Å². The van der Waals surface area contributed by atoms with Crippen molar-refractivity contribution in [2.75, 3.05) is 20.3 Å². The van der Waals surface area contributed by atoms with Gasteiger partial charge in [0.25, 0.3) is 5.91 Å². The fraction of sp³-hybridized carbons (Fsp3) is 0.357. The maximum Gasteiger partial charge on any atom is 0.436 e. The Hall–Kier alpha value is -2.77. The number of carbonyl (C=O) groups excluding carboxylic acids is 3. The number of hydrazine groups is 1. The van der Waals surface area contributed by atoms with Crippen LogP contribution in [-0.2, 0) is 9.47 Å². The predicted octanol–water partition coefficient (Wildman–Crippen LogP) is 1.95. The van der Waals surface area contributed by atoms with Crippen molar-refractivity contribution in [1.82, 2.24) is 10.4 Å². The van der Waals surface area contributed by atoms with Crippen LogP contribution < -0.4 is 10.2 Å². The summed E-state index contributed by atoms with van der Waals surface area (Å²) in [6, 6.07) is 6.03. The van der Waals surface area contributed by atoms with E-state index < -0.39 is 18.1 Å². The lowest BCUT2D eigenvalue weighted by Gasteiger charge is -2.20. The first kappa shape index (κ1) is 17.3. The van der Waals surface area contributed by atoms with Crippen LogP contribution in [0.2, 0.25) is 0 Å². The molecule has 3 amide bonds. The van der Waals surface area contributed by atoms with E-state index in [-0.39, 0.29) is 18.8 Å². The molecule has 1 aromatic carbocycles. The average molecular weight is 310 g/mol. The van der Waals surface area contributed by atoms with Gasteiger partial charge in [-0.1, -0.05) is 0 Å². The van der Waals surface area contributed by atoms with Gasteiger partial charge in [-0.05, 0) is 38.1 Å². The van der Waals surface area contributed by atoms with Gasteiger partial charge in [0.15, 0.2) is 0 Å². The van der Waals surface area contributed by atoms with Crippen LogP contribution in [0.4, 0.5) is 9.59 Å². The Bertz CT molecular complexity index is 529. The third kappa shape index (κ3) is 4.65. The summed E-state index contributed by atoms with van der Waals surface area (Å²) < 4.78 is 14.4. The van der Waals surface area contributed by atoms with E-state index >= 15 is 0 Å². The molecule has 0 bridgehead atoms. The maximum atomic E-state index is 12.3. The van der Waals surface area contributed by atoms with Crippen LogP contribution in [0.5, 0.6) is 5.75 Å². The van der Waals surface area contributed by atoms with E-state index in [9.17, 15) is 14.4 Å². The molecule has 0 fully saturated rings. The molecule has 0 saturated heterocycles. The lowest BCUT2D eigenvalue weighted by molar-refractivity contribution is 0.0521. The minimum atomic E-state index is -1.00. The molecule has 0 aliphatic heterocycles. The van der Waals surface area contributed by atoms with Crippen molar-refractivity contribution in [3.8, 4) is 5.75 Å². The van der Waals surface area contributed by atoms with E-state index in [1.165, 1.54) is 19.2 Å². The highest BCUT2D eigenvalue weighted by Gasteiger charge is 2.26. The Morgan fingerprint density at radius 1 is 1.05 bits per heavy atom. The first-order chi connectivity index (χ1) is 10.5. The smallest absolute Gasteiger partial charge is 0.436 e. The quantitative estimate of drug-likeness (QED) is 0.854. The number of ether oxygens (including phenoxy) is 3. The summed E-state index contributed by atoms with van der Waals surface area (Å²) in [5.41, 5.74) is 2.22. The monoisotopic (exact) mass is 310 g/mol. The van der Waals surface area contributed by atoms with E-state index in [2.05, 4.69) is 4.74 Å². The SMILES string of the molecule is CCOC(=O)NN(C(=O)OCC)C(=O)c1ccc(OC)cc1. The zero-order valence-electron chi connectivity index (χ0n) is 12.6. The predicted molar refractivity (Wildman–Crippen MR) is 76.3 cm³/mol. The first-order valence-electron chi connectivity index (χ1n) is 6.62. The summed E-state index contributed by atoms with van der Waals surface area (Å²) in [4.78, 5) is 35.6. The van der Waals surface area contributed by atoms with Gasteiger partial charge in [0.1, 0.15) is 5.75 Å². The number of hydrogen-bond donors (Lipinski definition) is 1. The van der Waals surface area contributed by atoms with Gasteiger partial charge in [0.2, 0.25) is 0 Å². The largest absolute Gasteiger partial charge is 0.497 e. The van der Waals surface area contributed by atoms with Gasteiger partial charge in [-0.3, -0.25) is 4.79 Å². The summed E-state index contributed by atoms with van der Waals surface area (Å²) in [5.74, 6) is -0.202. The van der Waals surface area contributed by atoms with E-state index in [1.807, 2.05) is 5.43 Å². The second-order valence-corrected chi connectivity index (χ2v) is 3.90. The van der Waals surface area contributed by atoms with Gasteiger partial charge in [0.05, 0.1) is 20.3 Å². The number of nitrogens with zero attached hydrogens (tertiary/aromatic N) is 1. The second kappa shape index (κ2) is 8.50. The molecule has 22 heavy (non-hydrogen) atoms. The summed E-state index contributed by atoms with van der Waals surface area (Å²) in [6.07, 6.45) is -1.94. The van der Waals surface area contributed by atoms with E-state index in [0.29, 0.717) is 10.8 Å². The van der Waals surface area contributed by atoms with Crippen molar-refractivity contribution < 1.29 is 28.6 Å². The number of amides is 3. The molecule has 8 nitrogen and oxygen atoms in total. The molecular weight excluding hydrogens is 292 g/mol. The standard InChI is InChI=1S/C14H18N2O6/c1-4-21-13(18)15-16(14(19)22-5-2)12(17)10-6-8-11(20-3)9-7-10/h6-9H,4-5H2,1-3H3,(H,15,18). The molecule has 8 heteroatoms. The topological polar surface area (TPSA) is 94.2 Å². The van der Waals surface area contributed by atoms with Gasteiger partial charge < -0.3 is 14.2 Å². The zero-order valence-corrected chi connectivity index (χ0v) is 12.6. The molecule has 0 heterocycles. The second-order valence-electron chi connectivity index (χ2n) is 3.90. The fourth-order valence-electron chi connectivity index (χ4n) is 1.48. The molecule has 0 saturated carbocycles. The number of hydrogen-bond acceptors (Lipinski definition) is 6. The van der Waals surface area contributed by atoms with Crippen molar-refractivity contribution >= 4 is 18.1 Å². The minimum Gasteiger partial charge on any atom is -0.497 e. The van der Waals surface area contributed by atoms with Gasteiger partial charge in [0, 0.05) is 5.56 Å². The molecule has 120 valence electrons. The van der Waals surface area contributed by atoms with Crippen LogP contribution in [0.3, 0.4) is 0 Å². The molecule has 0 aliphatic rings. The van der Waals surface area contributed by atoms with Crippen LogP contribution in [0, 0.1) is 0 Å². The minimum absolute atomic E-state index is 0.0513. The number of carbonyl (C=O) groups is 3. The maximum absolute atomic E-state index is 12.3. The number of benzene rings is 1. The Balaban J connectivity index is 2.94. The lowest BCUT2D eigenvalue weighted by atomic mass is 10.2. The normalized spacial score (nSPS) is 9.59. The van der Waals surface area contributed by atoms with Gasteiger partial charge in [-0.15, -0.1) is 5.01 Å². The summed E-state index contributed by atoms with van der Waals surface area (Å²) in [5, 5.41) is 0.462. The summed E-state index contributed by atoms with van der Waals surface area (Å²) in [7, 11) is 1.49. The third-order valence-electron chi connectivity index (χ3n) is 2.47. The molecule has 0 spiro atoms. The Morgan fingerprint density at radius 2 is 1.64 bits per heavy atom. The molecule has 1 rings (SSSR count). The van der Waals surface area contributed by atoms with Crippen molar-refractivity contribution in [3.05, 3.63) is 29.8 Å². The van der Waals surface area contributed by atoms with Gasteiger partial charge in [-0.25, -0.2) is 15.0 Å². The van der Waals surface area contributed by atoms with Crippen LogP contribution >= 0.6 is 0 Å². The highest BCUT2D eigenvalue weighted by atomic mass is 16.6. The van der Waals surface area contributed by atoms with Crippen molar-refractivity contribution in [3.63, 3.8) is 0 Å². The number of rotatable bonds is 4.